The van der Waals surface area contributed by atoms with Crippen molar-refractivity contribution >= 4 is 36.1 Å². The number of hydrogen-bond donors (Lipinski definition) is 1. The number of rotatable bonds is 14. The minimum atomic E-state index is -0.676. The predicted molar refractivity (Wildman–Crippen MR) is 156 cm³/mol. The monoisotopic (exact) mass is 579 g/mol. The molecule has 2 aromatic carbocycles. The number of esters is 1. The van der Waals surface area contributed by atoms with Crippen LogP contribution in [0.2, 0.25) is 0 Å². The standard InChI is InChI=1S/C27H35ClO5S.C2H3NO2/c1-5-6-15-30-18-24(33-20(2)29)19-32-23-11-8-21(9-12-23)27(3,4)22-10-13-25(26(34)17-22)31-16-7-14-28;1-2(4)3-5/h8-13,17-18,34H,5-7,14-16,19H2,1-4H3;1H3/b24-18-;. The molecular formula is C29H38ClNO7S. The van der Waals surface area contributed by atoms with Gasteiger partial charge < -0.3 is 18.9 Å². The highest BCUT2D eigenvalue weighted by Gasteiger charge is 2.24. The van der Waals surface area contributed by atoms with Crippen LogP contribution in [0.3, 0.4) is 0 Å². The van der Waals surface area contributed by atoms with Gasteiger partial charge in [0.15, 0.2) is 5.76 Å². The minimum absolute atomic E-state index is 0.0998. The molecule has 10 heteroatoms. The number of nitrogens with zero attached hydrogens (tertiary/aromatic N) is 1. The third kappa shape index (κ3) is 13.0. The van der Waals surface area contributed by atoms with E-state index in [0.29, 0.717) is 30.6 Å². The van der Waals surface area contributed by atoms with Gasteiger partial charge in [0.05, 0.1) is 13.2 Å². The Bertz CT molecular complexity index is 1090. The molecule has 1 amide bonds. The second kappa shape index (κ2) is 18.3. The van der Waals surface area contributed by atoms with Crippen molar-refractivity contribution in [2.24, 2.45) is 5.18 Å². The van der Waals surface area contributed by atoms with Gasteiger partial charge >= 0.3 is 5.97 Å². The molecule has 0 N–H and O–H groups in total. The zero-order valence-electron chi connectivity index (χ0n) is 23.2. The first kappa shape index (κ1) is 34.0. The smallest absolute Gasteiger partial charge is 0.307 e. The number of benzene rings is 2. The molecule has 2 aromatic rings. The molecule has 0 aliphatic heterocycles. The zero-order valence-corrected chi connectivity index (χ0v) is 24.8. The normalized spacial score (nSPS) is 11.1. The van der Waals surface area contributed by atoms with Crippen molar-refractivity contribution in [2.75, 3.05) is 25.7 Å². The van der Waals surface area contributed by atoms with E-state index in [4.69, 9.17) is 35.5 Å². The van der Waals surface area contributed by atoms with Crippen molar-refractivity contribution in [2.45, 2.75) is 64.2 Å². The summed E-state index contributed by atoms with van der Waals surface area (Å²) in [5.74, 6) is 1.25. The van der Waals surface area contributed by atoms with Gasteiger partial charge in [-0.3, -0.25) is 9.59 Å². The van der Waals surface area contributed by atoms with E-state index in [1.54, 1.807) is 0 Å². The Morgan fingerprint density at radius 2 is 1.64 bits per heavy atom. The van der Waals surface area contributed by atoms with E-state index in [0.717, 1.165) is 48.0 Å². The molecule has 0 aliphatic carbocycles. The van der Waals surface area contributed by atoms with Gasteiger partial charge in [0, 0.05) is 35.2 Å². The van der Waals surface area contributed by atoms with Crippen LogP contribution in [-0.2, 0) is 24.5 Å². The SMILES string of the molecule is CC(=O)N=O.CCCCO/C=C(/COc1ccc(C(C)(C)c2ccc(OCCCCl)c(S)c2)cc1)OC(C)=O. The van der Waals surface area contributed by atoms with E-state index in [2.05, 4.69) is 39.5 Å². The number of unbranched alkanes of at least 4 members (excludes halogenated alkanes) is 1. The third-order valence-corrected chi connectivity index (χ3v) is 6.02. The van der Waals surface area contributed by atoms with Gasteiger partial charge in [-0.15, -0.1) is 29.1 Å². The number of alkyl halides is 1. The summed E-state index contributed by atoms with van der Waals surface area (Å²) in [6, 6.07) is 13.9. The van der Waals surface area contributed by atoms with Crippen LogP contribution in [0.25, 0.3) is 0 Å². The van der Waals surface area contributed by atoms with Crippen molar-refractivity contribution in [1.82, 2.24) is 0 Å². The van der Waals surface area contributed by atoms with Crippen molar-refractivity contribution in [3.05, 3.63) is 70.5 Å². The fraction of sp³-hybridized carbons (Fsp3) is 0.448. The van der Waals surface area contributed by atoms with Crippen LogP contribution >= 0.6 is 24.2 Å². The molecule has 0 atom stereocenters. The van der Waals surface area contributed by atoms with Gasteiger partial charge in [0.1, 0.15) is 24.4 Å². The fourth-order valence-corrected chi connectivity index (χ4v) is 3.59. The highest BCUT2D eigenvalue weighted by Crippen LogP contribution is 2.36. The van der Waals surface area contributed by atoms with Crippen LogP contribution in [0.15, 0.2) is 64.6 Å². The van der Waals surface area contributed by atoms with E-state index in [1.807, 2.05) is 41.6 Å². The molecular weight excluding hydrogens is 542 g/mol. The summed E-state index contributed by atoms with van der Waals surface area (Å²) in [6.07, 6.45) is 4.20. The topological polar surface area (TPSA) is 100 Å². The van der Waals surface area contributed by atoms with Crippen LogP contribution in [-0.4, -0.2) is 37.6 Å². The Kier molecular flexibility index (Phi) is 15.9. The Morgan fingerprint density at radius 3 is 2.18 bits per heavy atom. The molecule has 0 fully saturated rings. The average Bonchev–Trinajstić information content (AvgIpc) is 2.90. The van der Waals surface area contributed by atoms with Gasteiger partial charge in [-0.2, -0.15) is 0 Å². The van der Waals surface area contributed by atoms with Gasteiger partial charge in [-0.25, -0.2) is 0 Å². The van der Waals surface area contributed by atoms with Crippen molar-refractivity contribution in [3.8, 4) is 11.5 Å². The summed E-state index contributed by atoms with van der Waals surface area (Å²) in [4.78, 5) is 30.4. The number of ether oxygens (including phenoxy) is 4. The maximum Gasteiger partial charge on any atom is 0.307 e. The van der Waals surface area contributed by atoms with Gasteiger partial charge in [0.25, 0.3) is 5.91 Å². The summed E-state index contributed by atoms with van der Waals surface area (Å²) < 4.78 is 22.2. The molecule has 2 rings (SSSR count). The lowest BCUT2D eigenvalue weighted by Crippen LogP contribution is -2.19. The number of amides is 1. The highest BCUT2D eigenvalue weighted by atomic mass is 35.5. The van der Waals surface area contributed by atoms with Crippen molar-refractivity contribution in [3.63, 3.8) is 0 Å². The molecule has 0 radical (unpaired) electrons. The Balaban J connectivity index is 0.00000139. The van der Waals surface area contributed by atoms with Gasteiger partial charge in [0.2, 0.25) is 0 Å². The van der Waals surface area contributed by atoms with E-state index in [9.17, 15) is 9.59 Å². The largest absolute Gasteiger partial charge is 0.498 e. The average molecular weight is 580 g/mol. The fourth-order valence-electron chi connectivity index (χ4n) is 3.21. The van der Waals surface area contributed by atoms with E-state index < -0.39 is 11.9 Å². The lowest BCUT2D eigenvalue weighted by molar-refractivity contribution is -0.137. The van der Waals surface area contributed by atoms with Crippen LogP contribution in [0.5, 0.6) is 11.5 Å². The van der Waals surface area contributed by atoms with Crippen molar-refractivity contribution < 1.29 is 28.5 Å². The summed E-state index contributed by atoms with van der Waals surface area (Å²) in [7, 11) is 0. The zero-order chi connectivity index (χ0) is 29.3. The second-order valence-electron chi connectivity index (χ2n) is 9.02. The highest BCUT2D eigenvalue weighted by molar-refractivity contribution is 7.80. The third-order valence-electron chi connectivity index (χ3n) is 5.41. The number of carbonyl (C=O) groups excluding carboxylic acids is 2. The summed E-state index contributed by atoms with van der Waals surface area (Å²) in [6.45, 7) is 10.1. The maximum absolute atomic E-state index is 11.4. The molecule has 39 heavy (non-hydrogen) atoms. The van der Waals surface area contributed by atoms with Crippen LogP contribution < -0.4 is 9.47 Å². The van der Waals surface area contributed by atoms with E-state index in [1.165, 1.54) is 13.2 Å². The first-order chi connectivity index (χ1) is 18.5. The number of thiol groups is 1. The lowest BCUT2D eigenvalue weighted by Gasteiger charge is -2.27. The van der Waals surface area contributed by atoms with Crippen LogP contribution in [0.1, 0.15) is 65.0 Å². The molecule has 0 heterocycles. The summed E-state index contributed by atoms with van der Waals surface area (Å²) in [5.41, 5.74) is 2.00. The summed E-state index contributed by atoms with van der Waals surface area (Å²) in [5, 5.41) is 2.00. The lowest BCUT2D eigenvalue weighted by atomic mass is 9.78. The van der Waals surface area contributed by atoms with Gasteiger partial charge in [-0.05, 0) is 48.2 Å². The number of hydrogen-bond acceptors (Lipinski definition) is 8. The van der Waals surface area contributed by atoms with Crippen molar-refractivity contribution in [1.29, 1.82) is 0 Å². The quantitative estimate of drug-likeness (QED) is 0.0630. The second-order valence-corrected chi connectivity index (χ2v) is 9.88. The summed E-state index contributed by atoms with van der Waals surface area (Å²) >= 11 is 10.3. The molecule has 0 aliphatic rings. The first-order valence-electron chi connectivity index (χ1n) is 12.6. The minimum Gasteiger partial charge on any atom is -0.498 e. The Hall–Kier alpha value is -3.04. The Morgan fingerprint density at radius 1 is 1.00 bits per heavy atom. The molecule has 0 bridgehead atoms. The van der Waals surface area contributed by atoms with Crippen LogP contribution in [0.4, 0.5) is 0 Å². The molecule has 0 aromatic heterocycles. The first-order valence-corrected chi connectivity index (χ1v) is 13.6. The number of nitroso groups, excluding NO2 is 1. The molecule has 0 saturated heterocycles. The molecule has 8 nitrogen and oxygen atoms in total. The van der Waals surface area contributed by atoms with E-state index in [-0.39, 0.29) is 12.0 Å². The molecule has 214 valence electrons. The number of carbonyl (C=O) groups is 2. The molecule has 0 unspecified atom stereocenters. The van der Waals surface area contributed by atoms with Gasteiger partial charge in [-0.1, -0.05) is 45.4 Å². The van der Waals surface area contributed by atoms with Crippen LogP contribution in [0, 0.1) is 4.91 Å². The predicted octanol–water partition coefficient (Wildman–Crippen LogP) is 7.21. The molecule has 0 saturated carbocycles. The maximum atomic E-state index is 11.4. The van der Waals surface area contributed by atoms with E-state index >= 15 is 0 Å². The number of halogens is 1. The molecule has 0 spiro atoms. The Labute approximate surface area is 241 Å².